The summed E-state index contributed by atoms with van der Waals surface area (Å²) in [6, 6.07) is 4.76. The lowest BCUT2D eigenvalue weighted by Crippen LogP contribution is -2.16. The Morgan fingerprint density at radius 3 is 2.42 bits per heavy atom. The number of rotatable bonds is 6. The third kappa shape index (κ3) is 3.98. The van der Waals surface area contributed by atoms with Crippen molar-refractivity contribution < 1.29 is 24.5 Å². The van der Waals surface area contributed by atoms with Gasteiger partial charge in [0.1, 0.15) is 0 Å². The Kier molecular flexibility index (Phi) is 6.58. The number of aromatic nitrogens is 1. The Morgan fingerprint density at radius 2 is 1.81 bits per heavy atom. The Morgan fingerprint density at radius 1 is 1.15 bits per heavy atom. The second-order valence-corrected chi connectivity index (χ2v) is 6.31. The fraction of sp³-hybridized carbons (Fsp3) is 0.278. The summed E-state index contributed by atoms with van der Waals surface area (Å²) >= 11 is 12.4. The fourth-order valence-electron chi connectivity index (χ4n) is 2.63. The van der Waals surface area contributed by atoms with Gasteiger partial charge in [0, 0.05) is 24.2 Å². The summed E-state index contributed by atoms with van der Waals surface area (Å²) in [7, 11) is 0. The SMILES string of the molecule is Cc1nc(C)c(C(=O)OCCCO)c(-c2cccc(Cl)c2Cl)c1C(=O)O. The van der Waals surface area contributed by atoms with Gasteiger partial charge < -0.3 is 14.9 Å². The van der Waals surface area contributed by atoms with Gasteiger partial charge in [0.25, 0.3) is 0 Å². The smallest absolute Gasteiger partial charge is 0.340 e. The van der Waals surface area contributed by atoms with Gasteiger partial charge in [0.15, 0.2) is 0 Å². The number of aromatic carboxylic acids is 1. The molecule has 0 radical (unpaired) electrons. The van der Waals surface area contributed by atoms with Crippen LogP contribution in [0.3, 0.4) is 0 Å². The van der Waals surface area contributed by atoms with E-state index in [4.69, 9.17) is 33.0 Å². The fourth-order valence-corrected chi connectivity index (χ4v) is 3.02. The number of benzene rings is 1. The Hall–Kier alpha value is -2.15. The number of esters is 1. The van der Waals surface area contributed by atoms with Crippen LogP contribution in [-0.2, 0) is 4.74 Å². The lowest BCUT2D eigenvalue weighted by molar-refractivity contribution is 0.0481. The van der Waals surface area contributed by atoms with Crippen LogP contribution >= 0.6 is 23.2 Å². The molecule has 0 aliphatic carbocycles. The Labute approximate surface area is 160 Å². The molecule has 0 amide bonds. The van der Waals surface area contributed by atoms with Crippen LogP contribution in [0.25, 0.3) is 11.1 Å². The van der Waals surface area contributed by atoms with Crippen molar-refractivity contribution in [3.63, 3.8) is 0 Å². The van der Waals surface area contributed by atoms with Crippen LogP contribution < -0.4 is 0 Å². The maximum atomic E-state index is 12.6. The molecule has 0 unspecified atom stereocenters. The average molecular weight is 398 g/mol. The molecule has 1 aromatic carbocycles. The van der Waals surface area contributed by atoms with Gasteiger partial charge >= 0.3 is 11.9 Å². The van der Waals surface area contributed by atoms with Crippen molar-refractivity contribution in [2.75, 3.05) is 13.2 Å². The number of ether oxygens (including phenoxy) is 1. The highest BCUT2D eigenvalue weighted by Gasteiger charge is 2.28. The van der Waals surface area contributed by atoms with E-state index < -0.39 is 11.9 Å². The van der Waals surface area contributed by atoms with Crippen LogP contribution in [0.2, 0.25) is 10.0 Å². The lowest BCUT2D eigenvalue weighted by atomic mass is 9.92. The minimum atomic E-state index is -1.24. The van der Waals surface area contributed by atoms with E-state index in [1.807, 2.05) is 0 Å². The predicted octanol–water partition coefficient (Wildman–Crippen LogP) is 3.91. The number of aryl methyl sites for hydroxylation is 2. The van der Waals surface area contributed by atoms with Gasteiger partial charge in [-0.05, 0) is 19.9 Å². The summed E-state index contributed by atoms with van der Waals surface area (Å²) in [5.74, 6) is -1.98. The van der Waals surface area contributed by atoms with Gasteiger partial charge in [-0.3, -0.25) is 4.98 Å². The molecule has 2 N–H and O–H groups in total. The number of carbonyl (C=O) groups excluding carboxylic acids is 1. The predicted molar refractivity (Wildman–Crippen MR) is 98.1 cm³/mol. The summed E-state index contributed by atoms with van der Waals surface area (Å²) < 4.78 is 5.15. The molecule has 138 valence electrons. The first-order valence-electron chi connectivity index (χ1n) is 7.76. The van der Waals surface area contributed by atoms with Crippen LogP contribution in [0.5, 0.6) is 0 Å². The highest BCUT2D eigenvalue weighted by atomic mass is 35.5. The van der Waals surface area contributed by atoms with E-state index in [1.54, 1.807) is 32.0 Å². The number of carbonyl (C=O) groups is 2. The monoisotopic (exact) mass is 397 g/mol. The number of hydrogen-bond acceptors (Lipinski definition) is 5. The van der Waals surface area contributed by atoms with Crippen molar-refractivity contribution in [1.29, 1.82) is 0 Å². The van der Waals surface area contributed by atoms with Crippen molar-refractivity contribution in [2.24, 2.45) is 0 Å². The first-order valence-corrected chi connectivity index (χ1v) is 8.52. The van der Waals surface area contributed by atoms with E-state index in [1.165, 1.54) is 0 Å². The van der Waals surface area contributed by atoms with E-state index in [0.29, 0.717) is 11.3 Å². The van der Waals surface area contributed by atoms with Crippen LogP contribution in [0, 0.1) is 13.8 Å². The number of carboxylic acids is 1. The number of carboxylic acid groups (broad SMARTS) is 1. The van der Waals surface area contributed by atoms with Crippen molar-refractivity contribution in [3.8, 4) is 11.1 Å². The Balaban J connectivity index is 2.79. The van der Waals surface area contributed by atoms with E-state index in [2.05, 4.69) is 4.98 Å². The molecule has 0 saturated heterocycles. The highest BCUT2D eigenvalue weighted by molar-refractivity contribution is 6.44. The molecular weight excluding hydrogens is 381 g/mol. The molecule has 1 heterocycles. The minimum absolute atomic E-state index is 0.00618. The van der Waals surface area contributed by atoms with Gasteiger partial charge in [-0.25, -0.2) is 9.59 Å². The van der Waals surface area contributed by atoms with Gasteiger partial charge in [-0.1, -0.05) is 35.3 Å². The zero-order valence-corrected chi connectivity index (χ0v) is 15.7. The molecule has 1 aromatic heterocycles. The molecule has 0 fully saturated rings. The Bertz CT molecular complexity index is 867. The van der Waals surface area contributed by atoms with Crippen LogP contribution in [0.15, 0.2) is 18.2 Å². The number of aliphatic hydroxyl groups excluding tert-OH is 1. The summed E-state index contributed by atoms with van der Waals surface area (Å²) in [6.45, 7) is 2.99. The van der Waals surface area contributed by atoms with Crippen LogP contribution in [0.1, 0.15) is 38.5 Å². The number of halogens is 2. The molecule has 0 saturated carbocycles. The van der Waals surface area contributed by atoms with Crippen LogP contribution in [0.4, 0.5) is 0 Å². The van der Waals surface area contributed by atoms with Crippen molar-refractivity contribution in [2.45, 2.75) is 20.3 Å². The summed E-state index contributed by atoms with van der Waals surface area (Å²) in [5.41, 5.74) is 0.841. The molecular formula is C18H17Cl2NO5. The third-order valence-electron chi connectivity index (χ3n) is 3.73. The quantitative estimate of drug-likeness (QED) is 0.566. The minimum Gasteiger partial charge on any atom is -0.478 e. The maximum Gasteiger partial charge on any atom is 0.340 e. The van der Waals surface area contributed by atoms with Crippen molar-refractivity contribution in [3.05, 3.63) is 50.8 Å². The summed E-state index contributed by atoms with van der Waals surface area (Å²) in [5, 5.41) is 18.9. The first-order chi connectivity index (χ1) is 12.3. The lowest BCUT2D eigenvalue weighted by Gasteiger charge is -2.17. The number of nitrogens with zero attached hydrogens (tertiary/aromatic N) is 1. The van der Waals surface area contributed by atoms with Crippen molar-refractivity contribution >= 4 is 35.1 Å². The first kappa shape index (κ1) is 20.2. The van der Waals surface area contributed by atoms with Crippen LogP contribution in [-0.4, -0.2) is 40.3 Å². The molecule has 0 bridgehead atoms. The number of aliphatic hydroxyl groups is 1. The zero-order valence-electron chi connectivity index (χ0n) is 14.2. The molecule has 0 atom stereocenters. The standard InChI is InChI=1S/C18H17Cl2NO5/c1-9-13(17(23)24)15(11-5-3-6-12(19)16(11)20)14(10(2)21-9)18(25)26-8-4-7-22/h3,5-6,22H,4,7-8H2,1-2H3,(H,23,24). The number of hydrogen-bond donors (Lipinski definition) is 2. The van der Waals surface area contributed by atoms with E-state index in [-0.39, 0.29) is 52.1 Å². The maximum absolute atomic E-state index is 12.6. The second-order valence-electron chi connectivity index (χ2n) is 5.53. The van der Waals surface area contributed by atoms with Crippen molar-refractivity contribution in [1.82, 2.24) is 4.98 Å². The molecule has 8 heteroatoms. The van der Waals surface area contributed by atoms with Gasteiger partial charge in [-0.15, -0.1) is 0 Å². The molecule has 6 nitrogen and oxygen atoms in total. The van der Waals surface area contributed by atoms with E-state index >= 15 is 0 Å². The largest absolute Gasteiger partial charge is 0.478 e. The molecule has 2 aromatic rings. The summed E-state index contributed by atoms with van der Waals surface area (Å²) in [4.78, 5) is 28.6. The van der Waals surface area contributed by atoms with Gasteiger partial charge in [0.05, 0.1) is 39.2 Å². The number of pyridine rings is 1. The molecule has 0 aliphatic heterocycles. The zero-order chi connectivity index (χ0) is 19.4. The molecule has 2 rings (SSSR count). The van der Waals surface area contributed by atoms with Gasteiger partial charge in [0.2, 0.25) is 0 Å². The topological polar surface area (TPSA) is 96.7 Å². The highest BCUT2D eigenvalue weighted by Crippen LogP contribution is 2.39. The second kappa shape index (κ2) is 8.49. The molecule has 26 heavy (non-hydrogen) atoms. The van der Waals surface area contributed by atoms with E-state index in [9.17, 15) is 14.7 Å². The summed E-state index contributed by atoms with van der Waals surface area (Å²) in [6.07, 6.45) is 0.267. The third-order valence-corrected chi connectivity index (χ3v) is 4.55. The average Bonchev–Trinajstić information content (AvgIpc) is 2.56. The van der Waals surface area contributed by atoms with E-state index in [0.717, 1.165) is 0 Å². The normalized spacial score (nSPS) is 10.7. The molecule has 0 spiro atoms. The molecule has 0 aliphatic rings. The van der Waals surface area contributed by atoms with Gasteiger partial charge in [-0.2, -0.15) is 0 Å².